The number of nitrogens with zero attached hydrogens (tertiary/aromatic N) is 1. The Balaban J connectivity index is 2.05. The molecule has 1 fully saturated rings. The highest BCUT2D eigenvalue weighted by atomic mass is 35.5. The Morgan fingerprint density at radius 3 is 2.72 bits per heavy atom. The van der Waals surface area contributed by atoms with E-state index in [0.717, 1.165) is 5.56 Å². The zero-order valence-corrected chi connectivity index (χ0v) is 11.2. The predicted molar refractivity (Wildman–Crippen MR) is 72.9 cm³/mol. The van der Waals surface area contributed by atoms with Gasteiger partial charge in [0.25, 0.3) is 0 Å². The van der Waals surface area contributed by atoms with E-state index in [4.69, 9.17) is 27.9 Å². The van der Waals surface area contributed by atoms with Gasteiger partial charge in [0.2, 0.25) is 5.91 Å². The SMILES string of the molecule is O=C(C=Cc1cccc(Cl)c1Cl)N1CCOCC1. The van der Waals surface area contributed by atoms with Crippen molar-refractivity contribution >= 4 is 35.2 Å². The number of carbonyl (C=O) groups is 1. The van der Waals surface area contributed by atoms with E-state index >= 15 is 0 Å². The van der Waals surface area contributed by atoms with Gasteiger partial charge in [0.15, 0.2) is 0 Å². The molecule has 0 unspecified atom stereocenters. The van der Waals surface area contributed by atoms with E-state index < -0.39 is 0 Å². The Hall–Kier alpha value is -1.03. The molecule has 0 N–H and O–H groups in total. The van der Waals surface area contributed by atoms with E-state index in [-0.39, 0.29) is 5.91 Å². The molecule has 5 heteroatoms. The number of hydrogen-bond donors (Lipinski definition) is 0. The Kier molecular flexibility index (Phi) is 4.64. The second-order valence-electron chi connectivity index (χ2n) is 3.91. The minimum atomic E-state index is -0.0330. The number of ether oxygens (including phenoxy) is 1. The normalized spacial score (nSPS) is 16.2. The van der Waals surface area contributed by atoms with Crippen molar-refractivity contribution < 1.29 is 9.53 Å². The van der Waals surface area contributed by atoms with Gasteiger partial charge in [-0.1, -0.05) is 35.3 Å². The van der Waals surface area contributed by atoms with E-state index in [2.05, 4.69) is 0 Å². The smallest absolute Gasteiger partial charge is 0.246 e. The van der Waals surface area contributed by atoms with Crippen LogP contribution in [0.15, 0.2) is 24.3 Å². The molecule has 0 radical (unpaired) electrons. The number of benzene rings is 1. The van der Waals surface area contributed by atoms with Crippen molar-refractivity contribution in [2.75, 3.05) is 26.3 Å². The maximum Gasteiger partial charge on any atom is 0.246 e. The summed E-state index contributed by atoms with van der Waals surface area (Å²) < 4.78 is 5.19. The van der Waals surface area contributed by atoms with Crippen LogP contribution in [0.3, 0.4) is 0 Å². The second-order valence-corrected chi connectivity index (χ2v) is 4.70. The first kappa shape index (κ1) is 13.4. The molecular weight excluding hydrogens is 273 g/mol. The first-order valence-electron chi connectivity index (χ1n) is 5.67. The van der Waals surface area contributed by atoms with Gasteiger partial charge in [-0.2, -0.15) is 0 Å². The molecule has 0 aromatic heterocycles. The third kappa shape index (κ3) is 3.25. The molecule has 0 spiro atoms. The van der Waals surface area contributed by atoms with Crippen LogP contribution in [-0.4, -0.2) is 37.1 Å². The van der Waals surface area contributed by atoms with Gasteiger partial charge in [0.1, 0.15) is 0 Å². The maximum absolute atomic E-state index is 11.9. The van der Waals surface area contributed by atoms with Crippen LogP contribution in [-0.2, 0) is 9.53 Å². The molecule has 0 saturated carbocycles. The molecule has 1 aliphatic heterocycles. The summed E-state index contributed by atoms with van der Waals surface area (Å²) in [5.41, 5.74) is 0.741. The van der Waals surface area contributed by atoms with Crippen LogP contribution >= 0.6 is 23.2 Å². The number of carbonyl (C=O) groups excluding carboxylic acids is 1. The maximum atomic E-state index is 11.9. The van der Waals surface area contributed by atoms with Crippen LogP contribution in [0.5, 0.6) is 0 Å². The van der Waals surface area contributed by atoms with Crippen LogP contribution < -0.4 is 0 Å². The Bertz CT molecular complexity index is 468. The zero-order chi connectivity index (χ0) is 13.0. The first-order chi connectivity index (χ1) is 8.68. The molecule has 1 aromatic carbocycles. The van der Waals surface area contributed by atoms with Gasteiger partial charge in [-0.3, -0.25) is 4.79 Å². The largest absolute Gasteiger partial charge is 0.378 e. The summed E-state index contributed by atoms with van der Waals surface area (Å²) in [7, 11) is 0. The number of hydrogen-bond acceptors (Lipinski definition) is 2. The molecule has 3 nitrogen and oxygen atoms in total. The van der Waals surface area contributed by atoms with Crippen molar-refractivity contribution in [2.24, 2.45) is 0 Å². The summed E-state index contributed by atoms with van der Waals surface area (Å²) in [5.74, 6) is -0.0330. The molecule has 1 saturated heterocycles. The van der Waals surface area contributed by atoms with Crippen LogP contribution in [0.25, 0.3) is 6.08 Å². The van der Waals surface area contributed by atoms with E-state index in [1.165, 1.54) is 6.08 Å². The Morgan fingerprint density at radius 1 is 1.28 bits per heavy atom. The third-order valence-electron chi connectivity index (χ3n) is 2.71. The molecule has 2 rings (SSSR count). The molecule has 1 aliphatic rings. The van der Waals surface area contributed by atoms with Gasteiger partial charge in [0.05, 0.1) is 23.3 Å². The van der Waals surface area contributed by atoms with Gasteiger partial charge in [-0.25, -0.2) is 0 Å². The minimum Gasteiger partial charge on any atom is -0.378 e. The summed E-state index contributed by atoms with van der Waals surface area (Å²) in [6, 6.07) is 5.33. The van der Waals surface area contributed by atoms with Crippen LogP contribution in [0.1, 0.15) is 5.56 Å². The number of morpholine rings is 1. The van der Waals surface area contributed by atoms with Crippen molar-refractivity contribution in [1.82, 2.24) is 4.90 Å². The summed E-state index contributed by atoms with van der Waals surface area (Å²) in [6.45, 7) is 2.45. The van der Waals surface area contributed by atoms with Crippen LogP contribution in [0.2, 0.25) is 10.0 Å². The molecule has 0 aliphatic carbocycles. The van der Waals surface area contributed by atoms with Gasteiger partial charge in [-0.05, 0) is 17.7 Å². The van der Waals surface area contributed by atoms with Crippen LogP contribution in [0, 0.1) is 0 Å². The molecule has 0 bridgehead atoms. The lowest BCUT2D eigenvalue weighted by Gasteiger charge is -2.25. The molecule has 1 amide bonds. The summed E-state index contributed by atoms with van der Waals surface area (Å²) in [4.78, 5) is 13.6. The van der Waals surface area contributed by atoms with Gasteiger partial charge in [0, 0.05) is 19.2 Å². The highest BCUT2D eigenvalue weighted by molar-refractivity contribution is 6.42. The van der Waals surface area contributed by atoms with Crippen molar-refractivity contribution in [3.8, 4) is 0 Å². The second kappa shape index (κ2) is 6.23. The Morgan fingerprint density at radius 2 is 2.00 bits per heavy atom. The molecule has 96 valence electrons. The summed E-state index contributed by atoms with van der Waals surface area (Å²) in [5, 5.41) is 0.947. The van der Waals surface area contributed by atoms with Gasteiger partial charge in [-0.15, -0.1) is 0 Å². The number of rotatable bonds is 2. The van der Waals surface area contributed by atoms with Gasteiger partial charge >= 0.3 is 0 Å². The highest BCUT2D eigenvalue weighted by Gasteiger charge is 2.14. The molecule has 1 heterocycles. The summed E-state index contributed by atoms with van der Waals surface area (Å²) in [6.07, 6.45) is 3.20. The average molecular weight is 286 g/mol. The number of halogens is 2. The highest BCUT2D eigenvalue weighted by Crippen LogP contribution is 2.26. The fourth-order valence-electron chi connectivity index (χ4n) is 1.70. The lowest BCUT2D eigenvalue weighted by atomic mass is 10.2. The third-order valence-corrected chi connectivity index (χ3v) is 3.54. The fraction of sp³-hybridized carbons (Fsp3) is 0.308. The molecular formula is C13H13Cl2NO2. The molecule has 1 aromatic rings. The van der Waals surface area contributed by atoms with E-state index in [1.807, 2.05) is 6.07 Å². The monoisotopic (exact) mass is 285 g/mol. The van der Waals surface area contributed by atoms with Gasteiger partial charge < -0.3 is 9.64 Å². The average Bonchev–Trinajstić information content (AvgIpc) is 2.41. The zero-order valence-electron chi connectivity index (χ0n) is 9.73. The van der Waals surface area contributed by atoms with E-state index in [0.29, 0.717) is 36.3 Å². The summed E-state index contributed by atoms with van der Waals surface area (Å²) >= 11 is 11.9. The van der Waals surface area contributed by atoms with Crippen molar-refractivity contribution in [3.05, 3.63) is 39.9 Å². The number of amides is 1. The predicted octanol–water partition coefficient (Wildman–Crippen LogP) is 2.87. The molecule has 18 heavy (non-hydrogen) atoms. The van der Waals surface area contributed by atoms with E-state index in [9.17, 15) is 4.79 Å². The topological polar surface area (TPSA) is 29.5 Å². The lowest BCUT2D eigenvalue weighted by molar-refractivity contribution is -0.129. The Labute approximate surface area is 116 Å². The standard InChI is InChI=1S/C13H13Cl2NO2/c14-11-3-1-2-10(13(11)15)4-5-12(17)16-6-8-18-9-7-16/h1-5H,6-9H2. The van der Waals surface area contributed by atoms with E-state index in [1.54, 1.807) is 23.1 Å². The van der Waals surface area contributed by atoms with Crippen molar-refractivity contribution in [2.45, 2.75) is 0 Å². The van der Waals surface area contributed by atoms with Crippen LogP contribution in [0.4, 0.5) is 0 Å². The molecule has 0 atom stereocenters. The first-order valence-corrected chi connectivity index (χ1v) is 6.43. The quantitative estimate of drug-likeness (QED) is 0.782. The van der Waals surface area contributed by atoms with Crippen molar-refractivity contribution in [3.63, 3.8) is 0 Å². The minimum absolute atomic E-state index is 0.0330. The fourth-order valence-corrected chi connectivity index (χ4v) is 2.07. The lowest BCUT2D eigenvalue weighted by Crippen LogP contribution is -2.39. The van der Waals surface area contributed by atoms with Crippen molar-refractivity contribution in [1.29, 1.82) is 0 Å².